The van der Waals surface area contributed by atoms with Gasteiger partial charge in [0.2, 0.25) is 0 Å². The molecule has 1 aromatic rings. The van der Waals surface area contributed by atoms with Crippen molar-refractivity contribution in [2.45, 2.75) is 13.0 Å². The van der Waals surface area contributed by atoms with Crippen molar-refractivity contribution in [2.24, 2.45) is 0 Å². The van der Waals surface area contributed by atoms with Gasteiger partial charge in [-0.1, -0.05) is 6.58 Å². The third-order valence-corrected chi connectivity index (χ3v) is 2.15. The fourth-order valence-corrected chi connectivity index (χ4v) is 1.34. The number of hydrogen-bond donors (Lipinski definition) is 2. The number of benzene rings is 1. The predicted octanol–water partition coefficient (Wildman–Crippen LogP) is 1.13. The van der Waals surface area contributed by atoms with Crippen LogP contribution in [0.2, 0.25) is 0 Å². The first-order valence-electron chi connectivity index (χ1n) is 5.58. The summed E-state index contributed by atoms with van der Waals surface area (Å²) < 4.78 is 9.83. The standard InChI is InChI=1S/C13H16N2O4/c1-3-12(16)18-7-8(2)19-13(17)9-4-10(14)6-11(15)5-9/h3-6,8H,1,7,14-15H2,2H3. The molecule has 0 heterocycles. The van der Waals surface area contributed by atoms with Gasteiger partial charge in [-0.2, -0.15) is 0 Å². The average Bonchev–Trinajstić information content (AvgIpc) is 2.34. The van der Waals surface area contributed by atoms with E-state index in [1.165, 1.54) is 18.2 Å². The van der Waals surface area contributed by atoms with Gasteiger partial charge < -0.3 is 20.9 Å². The summed E-state index contributed by atoms with van der Waals surface area (Å²) in [5.41, 5.74) is 12.1. The highest BCUT2D eigenvalue weighted by atomic mass is 16.6. The van der Waals surface area contributed by atoms with Crippen LogP contribution in [0.1, 0.15) is 17.3 Å². The quantitative estimate of drug-likeness (QED) is 0.469. The Hall–Kier alpha value is -2.50. The Labute approximate surface area is 111 Å². The summed E-state index contributed by atoms with van der Waals surface area (Å²) in [5.74, 6) is -1.16. The lowest BCUT2D eigenvalue weighted by atomic mass is 10.2. The molecular formula is C13H16N2O4. The van der Waals surface area contributed by atoms with Crippen LogP contribution in [0.25, 0.3) is 0 Å². The maximum atomic E-state index is 11.8. The molecule has 1 aromatic carbocycles. The third kappa shape index (κ3) is 4.71. The number of esters is 2. The Morgan fingerprint density at radius 3 is 2.42 bits per heavy atom. The van der Waals surface area contributed by atoms with Gasteiger partial charge >= 0.3 is 11.9 Å². The van der Waals surface area contributed by atoms with E-state index in [1.54, 1.807) is 6.92 Å². The molecule has 6 nitrogen and oxygen atoms in total. The van der Waals surface area contributed by atoms with Crippen molar-refractivity contribution in [1.82, 2.24) is 0 Å². The van der Waals surface area contributed by atoms with Crippen LogP contribution in [0, 0.1) is 0 Å². The maximum Gasteiger partial charge on any atom is 0.338 e. The van der Waals surface area contributed by atoms with Crippen molar-refractivity contribution in [2.75, 3.05) is 18.1 Å². The van der Waals surface area contributed by atoms with Crippen molar-refractivity contribution in [3.05, 3.63) is 36.4 Å². The Morgan fingerprint density at radius 2 is 1.89 bits per heavy atom. The van der Waals surface area contributed by atoms with E-state index in [4.69, 9.17) is 20.9 Å². The second-order valence-corrected chi connectivity index (χ2v) is 3.94. The largest absolute Gasteiger partial charge is 0.459 e. The number of rotatable bonds is 5. The van der Waals surface area contributed by atoms with Crippen LogP contribution < -0.4 is 11.5 Å². The molecule has 4 N–H and O–H groups in total. The van der Waals surface area contributed by atoms with Gasteiger partial charge in [-0.3, -0.25) is 0 Å². The van der Waals surface area contributed by atoms with E-state index >= 15 is 0 Å². The van der Waals surface area contributed by atoms with E-state index in [9.17, 15) is 9.59 Å². The summed E-state index contributed by atoms with van der Waals surface area (Å²) in [7, 11) is 0. The van der Waals surface area contributed by atoms with Crippen molar-refractivity contribution >= 4 is 23.3 Å². The van der Waals surface area contributed by atoms with Gasteiger partial charge in [0.15, 0.2) is 0 Å². The molecule has 0 aromatic heterocycles. The molecule has 102 valence electrons. The summed E-state index contributed by atoms with van der Waals surface area (Å²) in [6.45, 7) is 4.81. The Kier molecular flexibility index (Phi) is 4.93. The van der Waals surface area contributed by atoms with Gasteiger partial charge in [0, 0.05) is 17.5 Å². The molecule has 0 amide bonds. The topological polar surface area (TPSA) is 105 Å². The van der Waals surface area contributed by atoms with E-state index < -0.39 is 18.0 Å². The first kappa shape index (κ1) is 14.6. The molecule has 1 rings (SSSR count). The van der Waals surface area contributed by atoms with Crippen LogP contribution >= 0.6 is 0 Å². The zero-order valence-corrected chi connectivity index (χ0v) is 10.6. The lowest BCUT2D eigenvalue weighted by Gasteiger charge is -2.13. The number of anilines is 2. The highest BCUT2D eigenvalue weighted by Gasteiger charge is 2.14. The van der Waals surface area contributed by atoms with Crippen molar-refractivity contribution in [3.8, 4) is 0 Å². The molecule has 0 bridgehead atoms. The van der Waals surface area contributed by atoms with Crippen LogP contribution in [-0.2, 0) is 14.3 Å². The van der Waals surface area contributed by atoms with Crippen LogP contribution in [0.15, 0.2) is 30.9 Å². The smallest absolute Gasteiger partial charge is 0.338 e. The molecule has 0 fully saturated rings. The molecule has 0 radical (unpaired) electrons. The molecule has 6 heteroatoms. The minimum atomic E-state index is -0.584. The number of nitrogens with two attached hydrogens (primary N) is 2. The summed E-state index contributed by atoms with van der Waals surface area (Å²) in [4.78, 5) is 22.6. The maximum absolute atomic E-state index is 11.8. The van der Waals surface area contributed by atoms with Crippen LogP contribution in [0.3, 0.4) is 0 Å². The second kappa shape index (κ2) is 6.44. The van der Waals surface area contributed by atoms with Gasteiger partial charge in [-0.25, -0.2) is 9.59 Å². The Morgan fingerprint density at radius 1 is 1.32 bits per heavy atom. The highest BCUT2D eigenvalue weighted by Crippen LogP contribution is 2.15. The van der Waals surface area contributed by atoms with Gasteiger partial charge in [0.1, 0.15) is 12.7 Å². The average molecular weight is 264 g/mol. The predicted molar refractivity (Wildman–Crippen MR) is 71.3 cm³/mol. The first-order chi connectivity index (χ1) is 8.92. The number of carbonyl (C=O) groups is 2. The van der Waals surface area contributed by atoms with Gasteiger partial charge in [0.05, 0.1) is 5.56 Å². The van der Waals surface area contributed by atoms with Gasteiger partial charge in [-0.05, 0) is 25.1 Å². The zero-order chi connectivity index (χ0) is 14.4. The number of carbonyl (C=O) groups excluding carboxylic acids is 2. The summed E-state index contributed by atoms with van der Waals surface area (Å²) >= 11 is 0. The minimum Gasteiger partial charge on any atom is -0.459 e. The number of nitrogen functional groups attached to an aromatic ring is 2. The molecule has 0 aliphatic rings. The fraction of sp³-hybridized carbons (Fsp3) is 0.231. The molecule has 0 aliphatic carbocycles. The minimum absolute atomic E-state index is 0.0472. The SMILES string of the molecule is C=CC(=O)OCC(C)OC(=O)c1cc(N)cc(N)c1. The fourth-order valence-electron chi connectivity index (χ4n) is 1.34. The van der Waals surface area contributed by atoms with E-state index in [1.807, 2.05) is 0 Å². The van der Waals surface area contributed by atoms with E-state index in [2.05, 4.69) is 6.58 Å². The molecule has 0 spiro atoms. The van der Waals surface area contributed by atoms with Gasteiger partial charge in [-0.15, -0.1) is 0 Å². The molecular weight excluding hydrogens is 248 g/mol. The Balaban J connectivity index is 2.58. The number of hydrogen-bond acceptors (Lipinski definition) is 6. The van der Waals surface area contributed by atoms with E-state index in [-0.39, 0.29) is 12.2 Å². The van der Waals surface area contributed by atoms with Crippen LogP contribution in [-0.4, -0.2) is 24.6 Å². The molecule has 1 unspecified atom stereocenters. The van der Waals surface area contributed by atoms with E-state index in [0.717, 1.165) is 6.08 Å². The third-order valence-electron chi connectivity index (χ3n) is 2.15. The van der Waals surface area contributed by atoms with Gasteiger partial charge in [0.25, 0.3) is 0 Å². The van der Waals surface area contributed by atoms with Crippen LogP contribution in [0.5, 0.6) is 0 Å². The summed E-state index contributed by atoms with van der Waals surface area (Å²) in [6, 6.07) is 4.45. The van der Waals surface area contributed by atoms with Crippen molar-refractivity contribution < 1.29 is 19.1 Å². The van der Waals surface area contributed by atoms with Crippen LogP contribution in [0.4, 0.5) is 11.4 Å². The molecule has 19 heavy (non-hydrogen) atoms. The van der Waals surface area contributed by atoms with Crippen molar-refractivity contribution in [1.29, 1.82) is 0 Å². The van der Waals surface area contributed by atoms with Crippen molar-refractivity contribution in [3.63, 3.8) is 0 Å². The molecule has 1 atom stereocenters. The Bertz CT molecular complexity index is 479. The highest BCUT2D eigenvalue weighted by molar-refractivity contribution is 5.91. The monoisotopic (exact) mass is 264 g/mol. The first-order valence-corrected chi connectivity index (χ1v) is 5.58. The summed E-state index contributed by atoms with van der Waals surface area (Å²) in [6.07, 6.45) is 0.451. The second-order valence-electron chi connectivity index (χ2n) is 3.94. The number of ether oxygens (including phenoxy) is 2. The molecule has 0 saturated heterocycles. The zero-order valence-electron chi connectivity index (χ0n) is 10.6. The normalized spacial score (nSPS) is 11.4. The lowest BCUT2D eigenvalue weighted by Crippen LogP contribution is -2.22. The summed E-state index contributed by atoms with van der Waals surface area (Å²) in [5, 5.41) is 0. The molecule has 0 aliphatic heterocycles. The lowest BCUT2D eigenvalue weighted by molar-refractivity contribution is -0.140. The molecule has 0 saturated carbocycles. The van der Waals surface area contributed by atoms with E-state index in [0.29, 0.717) is 11.4 Å².